The number of carbonyl (C=O) groups excluding carboxylic acids is 2. The number of amides is 2. The van der Waals surface area contributed by atoms with Crippen LogP contribution in [-0.2, 0) is 16.0 Å². The number of quaternary nitrogens is 1. The van der Waals surface area contributed by atoms with Crippen molar-refractivity contribution in [2.24, 2.45) is 0 Å². The molecule has 1 aliphatic heterocycles. The van der Waals surface area contributed by atoms with E-state index < -0.39 is 0 Å². The number of hydrogen-bond acceptors (Lipinski definition) is 3. The van der Waals surface area contributed by atoms with E-state index in [-0.39, 0.29) is 30.1 Å². The van der Waals surface area contributed by atoms with Crippen LogP contribution in [0.5, 0.6) is 0 Å². The lowest BCUT2D eigenvalue weighted by atomic mass is 10.2. The summed E-state index contributed by atoms with van der Waals surface area (Å²) in [6, 6.07) is 9.11. The van der Waals surface area contributed by atoms with Crippen molar-refractivity contribution in [1.82, 2.24) is 0 Å². The minimum absolute atomic E-state index is 0.195. The van der Waals surface area contributed by atoms with E-state index in [1.54, 1.807) is 11.3 Å². The molecular formula is C16H16FN2O2S+. The molecule has 0 spiro atoms. The molecule has 0 bridgehead atoms. The molecular weight excluding hydrogens is 303 g/mol. The fourth-order valence-electron chi connectivity index (χ4n) is 2.58. The van der Waals surface area contributed by atoms with Crippen molar-refractivity contribution in [2.75, 3.05) is 11.4 Å². The van der Waals surface area contributed by atoms with Crippen LogP contribution in [0.15, 0.2) is 41.8 Å². The highest BCUT2D eigenvalue weighted by atomic mass is 32.1. The molecule has 1 aromatic carbocycles. The van der Waals surface area contributed by atoms with Crippen molar-refractivity contribution in [3.63, 3.8) is 0 Å². The lowest BCUT2D eigenvalue weighted by molar-refractivity contribution is -0.674. The number of halogens is 1. The first-order valence-corrected chi connectivity index (χ1v) is 8.01. The van der Waals surface area contributed by atoms with Gasteiger partial charge in [-0.25, -0.2) is 9.29 Å². The molecule has 1 aromatic heterocycles. The first-order valence-electron chi connectivity index (χ1n) is 7.13. The average molecular weight is 319 g/mol. The molecule has 2 amide bonds. The maximum atomic E-state index is 13.0. The van der Waals surface area contributed by atoms with Gasteiger partial charge in [-0.3, -0.25) is 9.59 Å². The Morgan fingerprint density at radius 3 is 2.68 bits per heavy atom. The number of nitrogens with zero attached hydrogens (tertiary/aromatic N) is 1. The zero-order valence-electron chi connectivity index (χ0n) is 11.9. The Labute approximate surface area is 131 Å². The lowest BCUT2D eigenvalue weighted by Gasteiger charge is -2.14. The van der Waals surface area contributed by atoms with E-state index in [9.17, 15) is 14.0 Å². The number of imide groups is 1. The van der Waals surface area contributed by atoms with Crippen LogP contribution in [0.1, 0.15) is 11.3 Å². The normalized spacial score (nSPS) is 18.2. The van der Waals surface area contributed by atoms with Gasteiger partial charge in [0.15, 0.2) is 6.04 Å². The molecule has 1 aliphatic rings. The minimum Gasteiger partial charge on any atom is -0.335 e. The summed E-state index contributed by atoms with van der Waals surface area (Å²) in [5.74, 6) is -0.835. The quantitative estimate of drug-likeness (QED) is 0.845. The summed E-state index contributed by atoms with van der Waals surface area (Å²) in [5, 5.41) is 3.94. The summed E-state index contributed by atoms with van der Waals surface area (Å²) in [4.78, 5) is 26.9. The zero-order valence-corrected chi connectivity index (χ0v) is 12.7. The van der Waals surface area contributed by atoms with Gasteiger partial charge >= 0.3 is 0 Å². The van der Waals surface area contributed by atoms with Crippen LogP contribution in [0.3, 0.4) is 0 Å². The summed E-state index contributed by atoms with van der Waals surface area (Å²) >= 11 is 1.69. The number of hydrogen-bond donors (Lipinski definition) is 1. The highest BCUT2D eigenvalue weighted by Crippen LogP contribution is 2.21. The maximum absolute atomic E-state index is 13.0. The van der Waals surface area contributed by atoms with Gasteiger partial charge in [-0.1, -0.05) is 6.07 Å². The van der Waals surface area contributed by atoms with Crippen LogP contribution >= 0.6 is 11.3 Å². The number of thiophene rings is 1. The fourth-order valence-corrected chi connectivity index (χ4v) is 3.31. The third kappa shape index (κ3) is 3.08. The number of benzene rings is 1. The number of rotatable bonds is 5. The predicted molar refractivity (Wildman–Crippen MR) is 82.1 cm³/mol. The second kappa shape index (κ2) is 6.37. The van der Waals surface area contributed by atoms with Crippen LogP contribution in [0.25, 0.3) is 0 Å². The average Bonchev–Trinajstić information content (AvgIpc) is 3.10. The maximum Gasteiger partial charge on any atom is 0.292 e. The molecule has 6 heteroatoms. The smallest absolute Gasteiger partial charge is 0.292 e. The lowest BCUT2D eigenvalue weighted by Crippen LogP contribution is -2.92. The van der Waals surface area contributed by atoms with E-state index >= 15 is 0 Å². The van der Waals surface area contributed by atoms with E-state index in [4.69, 9.17) is 0 Å². The van der Waals surface area contributed by atoms with Gasteiger partial charge in [0.25, 0.3) is 5.91 Å². The van der Waals surface area contributed by atoms with Crippen LogP contribution in [-0.4, -0.2) is 24.4 Å². The van der Waals surface area contributed by atoms with Crippen molar-refractivity contribution in [2.45, 2.75) is 18.9 Å². The van der Waals surface area contributed by atoms with Gasteiger partial charge in [-0.05, 0) is 35.7 Å². The van der Waals surface area contributed by atoms with Gasteiger partial charge in [-0.15, -0.1) is 11.3 Å². The van der Waals surface area contributed by atoms with Crippen LogP contribution in [0.2, 0.25) is 0 Å². The van der Waals surface area contributed by atoms with Crippen molar-refractivity contribution in [3.05, 3.63) is 52.5 Å². The van der Waals surface area contributed by atoms with E-state index in [0.717, 1.165) is 17.9 Å². The molecule has 0 radical (unpaired) electrons. The molecule has 2 heterocycles. The Kier molecular flexibility index (Phi) is 4.31. The molecule has 2 aromatic rings. The second-order valence-electron chi connectivity index (χ2n) is 5.21. The molecule has 0 aliphatic carbocycles. The van der Waals surface area contributed by atoms with Gasteiger partial charge in [0.05, 0.1) is 18.7 Å². The van der Waals surface area contributed by atoms with Crippen molar-refractivity contribution in [3.8, 4) is 0 Å². The van der Waals surface area contributed by atoms with Crippen LogP contribution in [0.4, 0.5) is 10.1 Å². The summed E-state index contributed by atoms with van der Waals surface area (Å²) < 4.78 is 13.0. The number of anilines is 1. The molecule has 1 fully saturated rings. The summed E-state index contributed by atoms with van der Waals surface area (Å²) in [6.07, 6.45) is 1.08. The number of carbonyl (C=O) groups is 2. The molecule has 4 nitrogen and oxygen atoms in total. The third-order valence-corrected chi connectivity index (χ3v) is 4.62. The minimum atomic E-state index is -0.387. The molecule has 3 rings (SSSR count). The molecule has 1 saturated heterocycles. The molecule has 0 unspecified atom stereocenters. The van der Waals surface area contributed by atoms with Gasteiger partial charge in [0.1, 0.15) is 5.82 Å². The van der Waals surface area contributed by atoms with Gasteiger partial charge in [0, 0.05) is 11.3 Å². The highest BCUT2D eigenvalue weighted by Gasteiger charge is 2.41. The van der Waals surface area contributed by atoms with E-state index in [2.05, 4.69) is 6.07 Å². The third-order valence-electron chi connectivity index (χ3n) is 3.69. The van der Waals surface area contributed by atoms with Crippen molar-refractivity contribution in [1.29, 1.82) is 0 Å². The Bertz CT molecular complexity index is 670. The molecule has 0 saturated carbocycles. The van der Waals surface area contributed by atoms with Crippen LogP contribution < -0.4 is 10.2 Å². The predicted octanol–water partition coefficient (Wildman–Crippen LogP) is 1.33. The van der Waals surface area contributed by atoms with E-state index in [0.29, 0.717) is 5.69 Å². The Balaban J connectivity index is 1.62. The Morgan fingerprint density at radius 1 is 1.23 bits per heavy atom. The van der Waals surface area contributed by atoms with Crippen molar-refractivity contribution >= 4 is 28.8 Å². The summed E-state index contributed by atoms with van der Waals surface area (Å²) in [5.41, 5.74) is 0.436. The SMILES string of the molecule is O=C1C[C@@H]([NH2+]CCc2cccs2)C(=O)N1c1ccc(F)cc1. The standard InChI is InChI=1S/C16H15FN2O2S/c17-11-3-5-12(6-4-11)19-15(20)10-14(16(19)21)18-8-7-13-2-1-9-22-13/h1-6,9,14,18H,7-8,10H2/p+1/t14-/m1/s1. The highest BCUT2D eigenvalue weighted by molar-refractivity contribution is 7.09. The molecule has 1 atom stereocenters. The fraction of sp³-hybridized carbons (Fsp3) is 0.250. The zero-order chi connectivity index (χ0) is 15.5. The van der Waals surface area contributed by atoms with Gasteiger partial charge in [-0.2, -0.15) is 0 Å². The van der Waals surface area contributed by atoms with Crippen molar-refractivity contribution < 1.29 is 19.3 Å². The largest absolute Gasteiger partial charge is 0.335 e. The second-order valence-corrected chi connectivity index (χ2v) is 6.24. The molecule has 22 heavy (non-hydrogen) atoms. The van der Waals surface area contributed by atoms with E-state index in [1.807, 2.05) is 16.8 Å². The molecule has 2 N–H and O–H groups in total. The van der Waals surface area contributed by atoms with Crippen LogP contribution in [0, 0.1) is 5.82 Å². The van der Waals surface area contributed by atoms with E-state index in [1.165, 1.54) is 29.1 Å². The first kappa shape index (κ1) is 14.9. The monoisotopic (exact) mass is 319 g/mol. The van der Waals surface area contributed by atoms with Gasteiger partial charge < -0.3 is 5.32 Å². The topological polar surface area (TPSA) is 54.0 Å². The first-order chi connectivity index (χ1) is 10.6. The Morgan fingerprint density at radius 2 is 2.00 bits per heavy atom. The summed E-state index contributed by atoms with van der Waals surface area (Å²) in [6.45, 7) is 0.765. The summed E-state index contributed by atoms with van der Waals surface area (Å²) in [7, 11) is 0. The van der Waals surface area contributed by atoms with Gasteiger partial charge in [0.2, 0.25) is 5.91 Å². The number of nitrogens with two attached hydrogens (primary N) is 1. The molecule has 114 valence electrons. The Hall–Kier alpha value is -2.05.